The highest BCUT2D eigenvalue weighted by molar-refractivity contribution is 5.67. The van der Waals surface area contributed by atoms with Gasteiger partial charge < -0.3 is 9.47 Å². The molecule has 2 fully saturated rings. The average molecular weight is 473 g/mol. The summed E-state index contributed by atoms with van der Waals surface area (Å²) in [5, 5.41) is 0. The quantitative estimate of drug-likeness (QED) is 0.265. The van der Waals surface area contributed by atoms with Gasteiger partial charge in [-0.15, -0.1) is 6.58 Å². The minimum Gasteiger partial charge on any atom is -0.490 e. The van der Waals surface area contributed by atoms with E-state index in [4.69, 9.17) is 9.47 Å². The normalized spacial score (nSPS) is 30.0. The summed E-state index contributed by atoms with van der Waals surface area (Å²) >= 11 is 0. The Bertz CT molecular complexity index is 832. The molecule has 0 aliphatic heterocycles. The van der Waals surface area contributed by atoms with Crippen LogP contribution in [0.2, 0.25) is 0 Å². The van der Waals surface area contributed by atoms with Gasteiger partial charge in [-0.1, -0.05) is 12.2 Å². The molecule has 2 nitrogen and oxygen atoms in total. The summed E-state index contributed by atoms with van der Waals surface area (Å²) in [5.74, 6) is 2.42. The number of hydrogen-bond donors (Lipinski definition) is 0. The highest BCUT2D eigenvalue weighted by Crippen LogP contribution is 2.46. The van der Waals surface area contributed by atoms with Gasteiger partial charge in [-0.2, -0.15) is 4.39 Å². The van der Waals surface area contributed by atoms with E-state index >= 15 is 0 Å². The fraction of sp³-hybridized carbons (Fsp3) is 0.667. The number of hydrogen-bond acceptors (Lipinski definition) is 2. The summed E-state index contributed by atoms with van der Waals surface area (Å²) in [7, 11) is 1.61. The van der Waals surface area contributed by atoms with E-state index in [0.29, 0.717) is 31.1 Å². The van der Waals surface area contributed by atoms with Crippen LogP contribution in [0, 0.1) is 41.2 Å². The number of methoxy groups -OCH3 is 1. The molecule has 3 aliphatic carbocycles. The lowest BCUT2D eigenvalue weighted by Crippen LogP contribution is -2.28. The third-order valence-corrected chi connectivity index (χ3v) is 8.89. The maximum Gasteiger partial charge on any atom is 0.201 e. The Morgan fingerprint density at radius 3 is 2.09 bits per heavy atom. The van der Waals surface area contributed by atoms with Crippen LogP contribution in [0.5, 0.6) is 5.75 Å². The zero-order chi connectivity index (χ0) is 23.9. The summed E-state index contributed by atoms with van der Waals surface area (Å²) in [6, 6.07) is 3.25. The topological polar surface area (TPSA) is 18.5 Å². The molecular formula is C30H42F2O2. The van der Waals surface area contributed by atoms with E-state index in [2.05, 4.69) is 18.7 Å². The summed E-state index contributed by atoms with van der Waals surface area (Å²) in [6.07, 6.45) is 18.8. The number of benzene rings is 1. The van der Waals surface area contributed by atoms with Crippen LogP contribution >= 0.6 is 0 Å². The molecule has 34 heavy (non-hydrogen) atoms. The van der Waals surface area contributed by atoms with Crippen LogP contribution < -0.4 is 4.74 Å². The van der Waals surface area contributed by atoms with Crippen molar-refractivity contribution in [2.45, 2.75) is 77.0 Å². The van der Waals surface area contributed by atoms with Crippen LogP contribution in [0.15, 0.2) is 30.9 Å². The Hall–Kier alpha value is -1.68. The molecule has 3 aliphatic rings. The Labute approximate surface area is 204 Å². The number of rotatable bonds is 9. The van der Waals surface area contributed by atoms with Crippen LogP contribution in [0.4, 0.5) is 8.78 Å². The van der Waals surface area contributed by atoms with E-state index in [0.717, 1.165) is 48.5 Å². The van der Waals surface area contributed by atoms with Gasteiger partial charge in [0, 0.05) is 25.7 Å². The SMILES string of the molecule is C=CC1CCC(C2CCC(C3CC=C(c4ccc(OCCCOC)c(F)c4F)CC3)CC2)CC1. The lowest BCUT2D eigenvalue weighted by atomic mass is 9.66. The Morgan fingerprint density at radius 2 is 1.50 bits per heavy atom. The molecule has 2 saturated carbocycles. The molecule has 0 bridgehead atoms. The van der Waals surface area contributed by atoms with Crippen molar-refractivity contribution >= 4 is 5.57 Å². The van der Waals surface area contributed by atoms with Crippen molar-refractivity contribution in [3.05, 3.63) is 48.1 Å². The monoisotopic (exact) mass is 472 g/mol. The second kappa shape index (κ2) is 12.3. The first-order valence-corrected chi connectivity index (χ1v) is 13.5. The summed E-state index contributed by atoms with van der Waals surface area (Å²) in [5.41, 5.74) is 1.35. The molecule has 0 aromatic heterocycles. The summed E-state index contributed by atoms with van der Waals surface area (Å²) < 4.78 is 39.7. The van der Waals surface area contributed by atoms with Gasteiger partial charge >= 0.3 is 0 Å². The second-order valence-corrected chi connectivity index (χ2v) is 10.8. The first kappa shape index (κ1) is 25.4. The molecule has 0 radical (unpaired) electrons. The Balaban J connectivity index is 1.27. The minimum atomic E-state index is -0.876. The molecule has 4 heteroatoms. The largest absolute Gasteiger partial charge is 0.490 e. The van der Waals surface area contributed by atoms with Crippen LogP contribution in [-0.2, 0) is 4.74 Å². The molecule has 188 valence electrons. The fourth-order valence-corrected chi connectivity index (χ4v) is 6.74. The van der Waals surface area contributed by atoms with Crippen molar-refractivity contribution in [1.82, 2.24) is 0 Å². The molecule has 1 atom stereocenters. The molecule has 0 spiro atoms. The van der Waals surface area contributed by atoms with Gasteiger partial charge in [-0.25, -0.2) is 4.39 Å². The van der Waals surface area contributed by atoms with Gasteiger partial charge in [0.2, 0.25) is 5.82 Å². The third kappa shape index (κ3) is 6.11. The van der Waals surface area contributed by atoms with Gasteiger partial charge in [0.15, 0.2) is 11.6 Å². The van der Waals surface area contributed by atoms with E-state index in [1.807, 2.05) is 0 Å². The highest BCUT2D eigenvalue weighted by Gasteiger charge is 2.33. The van der Waals surface area contributed by atoms with E-state index in [1.165, 1.54) is 51.4 Å². The lowest BCUT2D eigenvalue weighted by molar-refractivity contribution is 0.128. The van der Waals surface area contributed by atoms with Crippen molar-refractivity contribution in [1.29, 1.82) is 0 Å². The maximum absolute atomic E-state index is 14.8. The summed E-state index contributed by atoms with van der Waals surface area (Å²) in [4.78, 5) is 0. The van der Waals surface area contributed by atoms with E-state index in [1.54, 1.807) is 19.2 Å². The van der Waals surface area contributed by atoms with Crippen LogP contribution in [0.25, 0.3) is 5.57 Å². The molecule has 1 aromatic rings. The van der Waals surface area contributed by atoms with Crippen LogP contribution in [0.1, 0.15) is 82.6 Å². The predicted octanol–water partition coefficient (Wildman–Crippen LogP) is 8.36. The zero-order valence-corrected chi connectivity index (χ0v) is 20.9. The second-order valence-electron chi connectivity index (χ2n) is 10.8. The lowest BCUT2D eigenvalue weighted by Gasteiger charge is -2.40. The fourth-order valence-electron chi connectivity index (χ4n) is 6.74. The Morgan fingerprint density at radius 1 is 0.853 bits per heavy atom. The predicted molar refractivity (Wildman–Crippen MR) is 135 cm³/mol. The molecule has 1 aromatic carbocycles. The molecule has 0 amide bonds. The first-order chi connectivity index (χ1) is 16.6. The van der Waals surface area contributed by atoms with Gasteiger partial charge in [0.05, 0.1) is 6.61 Å². The van der Waals surface area contributed by atoms with Crippen molar-refractivity contribution < 1.29 is 18.3 Å². The van der Waals surface area contributed by atoms with Gasteiger partial charge in [0.1, 0.15) is 0 Å². The van der Waals surface area contributed by atoms with Crippen molar-refractivity contribution in [3.8, 4) is 5.75 Å². The standard InChI is InChI=1S/C30H42F2O2/c1-3-21-5-7-22(8-6-21)23-9-11-24(12-10-23)25-13-15-26(16-14-25)27-17-18-28(30(32)29(27)31)34-20-4-19-33-2/h3,15,17-18,21-25H,1,4-14,16,19-20H2,2H3. The number of ether oxygens (including phenoxy) is 2. The zero-order valence-electron chi connectivity index (χ0n) is 20.9. The van der Waals surface area contributed by atoms with E-state index < -0.39 is 11.6 Å². The molecule has 0 saturated heterocycles. The van der Waals surface area contributed by atoms with E-state index in [-0.39, 0.29) is 5.75 Å². The Kier molecular flexibility index (Phi) is 9.22. The van der Waals surface area contributed by atoms with Crippen molar-refractivity contribution in [2.75, 3.05) is 20.3 Å². The number of halogens is 2. The first-order valence-electron chi connectivity index (χ1n) is 13.5. The maximum atomic E-state index is 14.8. The average Bonchev–Trinajstić information content (AvgIpc) is 2.89. The smallest absolute Gasteiger partial charge is 0.201 e. The molecule has 1 unspecified atom stereocenters. The molecule has 4 rings (SSSR count). The summed E-state index contributed by atoms with van der Waals surface area (Å²) in [6.45, 7) is 4.83. The molecule has 0 N–H and O–H groups in total. The minimum absolute atomic E-state index is 0.0126. The van der Waals surface area contributed by atoms with Crippen LogP contribution in [-0.4, -0.2) is 20.3 Å². The molecular weight excluding hydrogens is 430 g/mol. The number of allylic oxidation sites excluding steroid dienone is 3. The molecule has 0 heterocycles. The van der Waals surface area contributed by atoms with Crippen LogP contribution in [0.3, 0.4) is 0 Å². The third-order valence-electron chi connectivity index (χ3n) is 8.89. The van der Waals surface area contributed by atoms with Crippen molar-refractivity contribution in [3.63, 3.8) is 0 Å². The van der Waals surface area contributed by atoms with Gasteiger partial charge in [-0.3, -0.25) is 0 Å². The van der Waals surface area contributed by atoms with Gasteiger partial charge in [-0.05, 0) is 118 Å². The van der Waals surface area contributed by atoms with Gasteiger partial charge in [0.25, 0.3) is 0 Å². The highest BCUT2D eigenvalue weighted by atomic mass is 19.2. The van der Waals surface area contributed by atoms with E-state index in [9.17, 15) is 8.78 Å². The van der Waals surface area contributed by atoms with Crippen molar-refractivity contribution in [2.24, 2.45) is 29.6 Å².